The number of sulfonamides is 2. The summed E-state index contributed by atoms with van der Waals surface area (Å²) in [6, 6.07) is 12.7. The standard InChI is InChI=1S/C23H29N3O5S2/c1-2-32(28,29)26-17-19-10-5-4-9-18(19)15-22(26)23(27)24-20-11-8-12-21(16-20)33(30,31)25-13-6-3-7-14-25/h4-5,8-12,16,22H,2-3,6-7,13-15,17H2,1H3,(H,24,27). The Morgan fingerprint density at radius 2 is 1.67 bits per heavy atom. The van der Waals surface area contributed by atoms with Crippen molar-refractivity contribution < 1.29 is 21.6 Å². The van der Waals surface area contributed by atoms with Gasteiger partial charge in [-0.3, -0.25) is 4.79 Å². The van der Waals surface area contributed by atoms with Gasteiger partial charge in [-0.1, -0.05) is 36.8 Å². The van der Waals surface area contributed by atoms with Crippen molar-refractivity contribution in [1.82, 2.24) is 8.61 Å². The highest BCUT2D eigenvalue weighted by molar-refractivity contribution is 7.89. The van der Waals surface area contributed by atoms with Crippen LogP contribution < -0.4 is 5.32 Å². The molecule has 0 saturated carbocycles. The van der Waals surface area contributed by atoms with Crippen molar-refractivity contribution in [3.05, 3.63) is 59.7 Å². The second-order valence-corrected chi connectivity index (χ2v) is 12.6. The van der Waals surface area contributed by atoms with Crippen LogP contribution in [0.25, 0.3) is 0 Å². The maximum absolute atomic E-state index is 13.2. The van der Waals surface area contributed by atoms with E-state index < -0.39 is 32.0 Å². The van der Waals surface area contributed by atoms with Gasteiger partial charge >= 0.3 is 0 Å². The summed E-state index contributed by atoms with van der Waals surface area (Å²) in [4.78, 5) is 13.4. The zero-order chi connectivity index (χ0) is 23.6. The van der Waals surface area contributed by atoms with E-state index in [1.54, 1.807) is 19.1 Å². The Labute approximate surface area is 195 Å². The lowest BCUT2D eigenvalue weighted by molar-refractivity contribution is -0.120. The van der Waals surface area contributed by atoms with Gasteiger partial charge in [0.25, 0.3) is 0 Å². The third-order valence-electron chi connectivity index (χ3n) is 6.28. The second kappa shape index (κ2) is 9.54. The Morgan fingerprint density at radius 3 is 2.36 bits per heavy atom. The van der Waals surface area contributed by atoms with E-state index in [4.69, 9.17) is 0 Å². The van der Waals surface area contributed by atoms with Crippen LogP contribution in [0.2, 0.25) is 0 Å². The fourth-order valence-electron chi connectivity index (χ4n) is 4.39. The molecular weight excluding hydrogens is 462 g/mol. The molecule has 0 aliphatic carbocycles. The van der Waals surface area contributed by atoms with Crippen molar-refractivity contribution in [2.75, 3.05) is 24.2 Å². The monoisotopic (exact) mass is 491 g/mol. The number of hydrogen-bond donors (Lipinski definition) is 1. The maximum Gasteiger partial charge on any atom is 0.243 e. The zero-order valence-electron chi connectivity index (χ0n) is 18.6. The first kappa shape index (κ1) is 23.9. The van der Waals surface area contributed by atoms with Crippen molar-refractivity contribution in [2.24, 2.45) is 0 Å². The second-order valence-electron chi connectivity index (χ2n) is 8.42. The number of fused-ring (bicyclic) bond motifs is 1. The Kier molecular flexibility index (Phi) is 6.90. The third kappa shape index (κ3) is 4.98. The molecule has 1 atom stereocenters. The van der Waals surface area contributed by atoms with Gasteiger partial charge in [-0.15, -0.1) is 0 Å². The average Bonchev–Trinajstić information content (AvgIpc) is 2.84. The van der Waals surface area contributed by atoms with Gasteiger partial charge in [-0.05, 0) is 55.5 Å². The summed E-state index contributed by atoms with van der Waals surface area (Å²) in [7, 11) is -7.27. The molecule has 1 unspecified atom stereocenters. The number of nitrogens with zero attached hydrogens (tertiary/aromatic N) is 2. The summed E-state index contributed by atoms with van der Waals surface area (Å²) in [5, 5.41) is 2.76. The van der Waals surface area contributed by atoms with Gasteiger partial charge < -0.3 is 5.32 Å². The smallest absolute Gasteiger partial charge is 0.243 e. The number of anilines is 1. The van der Waals surface area contributed by atoms with Gasteiger partial charge in [-0.25, -0.2) is 16.8 Å². The number of carbonyl (C=O) groups is 1. The minimum Gasteiger partial charge on any atom is -0.325 e. The van der Waals surface area contributed by atoms with E-state index in [1.807, 2.05) is 24.3 Å². The van der Waals surface area contributed by atoms with Crippen LogP contribution in [0.1, 0.15) is 37.3 Å². The first-order valence-electron chi connectivity index (χ1n) is 11.2. The summed E-state index contributed by atoms with van der Waals surface area (Å²) in [6.45, 7) is 2.67. The van der Waals surface area contributed by atoms with E-state index in [2.05, 4.69) is 5.32 Å². The van der Waals surface area contributed by atoms with Crippen LogP contribution in [0.3, 0.4) is 0 Å². The van der Waals surface area contributed by atoms with E-state index in [0.717, 1.165) is 30.4 Å². The van der Waals surface area contributed by atoms with Crippen molar-refractivity contribution in [3.63, 3.8) is 0 Å². The highest BCUT2D eigenvalue weighted by Crippen LogP contribution is 2.28. The van der Waals surface area contributed by atoms with Crippen LogP contribution >= 0.6 is 0 Å². The molecule has 1 fully saturated rings. The minimum atomic E-state index is -3.65. The predicted molar refractivity (Wildman–Crippen MR) is 127 cm³/mol. The van der Waals surface area contributed by atoms with Crippen LogP contribution in [0, 0.1) is 0 Å². The zero-order valence-corrected chi connectivity index (χ0v) is 20.2. The molecule has 0 spiro atoms. The lowest BCUT2D eigenvalue weighted by Crippen LogP contribution is -2.51. The van der Waals surface area contributed by atoms with E-state index in [9.17, 15) is 21.6 Å². The predicted octanol–water partition coefficient (Wildman–Crippen LogP) is 2.58. The van der Waals surface area contributed by atoms with Crippen LogP contribution in [-0.4, -0.2) is 56.2 Å². The highest BCUT2D eigenvalue weighted by Gasteiger charge is 2.38. The van der Waals surface area contributed by atoms with Crippen molar-refractivity contribution in [2.45, 2.75) is 50.1 Å². The molecule has 2 aliphatic rings. The van der Waals surface area contributed by atoms with Crippen LogP contribution in [-0.2, 0) is 37.8 Å². The molecule has 2 aromatic carbocycles. The van der Waals surface area contributed by atoms with E-state index in [0.29, 0.717) is 18.8 Å². The number of benzene rings is 2. The SMILES string of the molecule is CCS(=O)(=O)N1Cc2ccccc2CC1C(=O)Nc1cccc(S(=O)(=O)N2CCCCC2)c1. The Morgan fingerprint density at radius 1 is 0.970 bits per heavy atom. The molecule has 178 valence electrons. The molecule has 1 amide bonds. The molecule has 0 aromatic heterocycles. The Hall–Kier alpha value is -2.27. The largest absolute Gasteiger partial charge is 0.325 e. The summed E-state index contributed by atoms with van der Waals surface area (Å²) in [6.07, 6.45) is 2.94. The number of rotatable bonds is 6. The lowest BCUT2D eigenvalue weighted by atomic mass is 9.95. The van der Waals surface area contributed by atoms with Crippen molar-refractivity contribution in [1.29, 1.82) is 0 Å². The first-order valence-corrected chi connectivity index (χ1v) is 14.2. The van der Waals surface area contributed by atoms with Gasteiger partial charge in [0.1, 0.15) is 6.04 Å². The molecular formula is C23H29N3O5S2. The number of piperidine rings is 1. The summed E-state index contributed by atoms with van der Waals surface area (Å²) in [5.74, 6) is -0.586. The molecule has 8 nitrogen and oxygen atoms in total. The molecule has 10 heteroatoms. The minimum absolute atomic E-state index is 0.109. The summed E-state index contributed by atoms with van der Waals surface area (Å²) < 4.78 is 54.3. The summed E-state index contributed by atoms with van der Waals surface area (Å²) >= 11 is 0. The van der Waals surface area contributed by atoms with Crippen LogP contribution in [0.15, 0.2) is 53.4 Å². The lowest BCUT2D eigenvalue weighted by Gasteiger charge is -2.34. The van der Waals surface area contributed by atoms with Gasteiger partial charge in [0.05, 0.1) is 10.6 Å². The third-order valence-corrected chi connectivity index (χ3v) is 10.0. The van der Waals surface area contributed by atoms with Gasteiger partial charge in [0.2, 0.25) is 26.0 Å². The summed E-state index contributed by atoms with van der Waals surface area (Å²) in [5.41, 5.74) is 2.14. The van der Waals surface area contributed by atoms with Gasteiger partial charge in [0.15, 0.2) is 0 Å². The fraction of sp³-hybridized carbons (Fsp3) is 0.435. The highest BCUT2D eigenvalue weighted by atomic mass is 32.2. The van der Waals surface area contributed by atoms with Crippen molar-refractivity contribution >= 4 is 31.6 Å². The Balaban J connectivity index is 1.59. The number of amides is 1. The maximum atomic E-state index is 13.2. The van der Waals surface area contributed by atoms with E-state index in [1.165, 1.54) is 20.7 Å². The quantitative estimate of drug-likeness (QED) is 0.669. The Bertz CT molecular complexity index is 1240. The number of nitrogens with one attached hydrogen (secondary N) is 1. The first-order chi connectivity index (χ1) is 15.7. The number of carbonyl (C=O) groups excluding carboxylic acids is 1. The topological polar surface area (TPSA) is 104 Å². The molecule has 1 N–H and O–H groups in total. The average molecular weight is 492 g/mol. The molecule has 4 rings (SSSR count). The van der Waals surface area contributed by atoms with Gasteiger partial charge in [-0.2, -0.15) is 8.61 Å². The normalized spacial score (nSPS) is 20.2. The molecule has 33 heavy (non-hydrogen) atoms. The van der Waals surface area contributed by atoms with E-state index >= 15 is 0 Å². The molecule has 2 aromatic rings. The van der Waals surface area contributed by atoms with E-state index in [-0.39, 0.29) is 23.6 Å². The van der Waals surface area contributed by atoms with Crippen LogP contribution in [0.5, 0.6) is 0 Å². The van der Waals surface area contributed by atoms with Gasteiger partial charge in [0, 0.05) is 25.3 Å². The molecule has 2 heterocycles. The van der Waals surface area contributed by atoms with Crippen LogP contribution in [0.4, 0.5) is 5.69 Å². The molecule has 0 radical (unpaired) electrons. The molecule has 1 saturated heterocycles. The molecule has 2 aliphatic heterocycles. The molecule has 0 bridgehead atoms. The van der Waals surface area contributed by atoms with Crippen molar-refractivity contribution in [3.8, 4) is 0 Å². The number of hydrogen-bond acceptors (Lipinski definition) is 5. The fourth-order valence-corrected chi connectivity index (χ4v) is 7.18.